The first-order valence-corrected chi connectivity index (χ1v) is 6.82. The summed E-state index contributed by atoms with van der Waals surface area (Å²) < 4.78 is 5.41. The molecule has 2 N–H and O–H groups in total. The van der Waals surface area contributed by atoms with Crippen molar-refractivity contribution in [1.29, 1.82) is 0 Å². The molecule has 0 spiro atoms. The van der Waals surface area contributed by atoms with E-state index in [2.05, 4.69) is 5.32 Å². The molecule has 0 aromatic heterocycles. The minimum atomic E-state index is -0.419. The number of carbonyl (C=O) groups is 1. The van der Waals surface area contributed by atoms with Crippen molar-refractivity contribution in [2.75, 3.05) is 6.61 Å². The molecule has 2 rings (SSSR count). The third kappa shape index (κ3) is 4.24. The Morgan fingerprint density at radius 2 is 2.00 bits per heavy atom. The van der Waals surface area contributed by atoms with Gasteiger partial charge in [-0.25, -0.2) is 0 Å². The molecule has 1 aliphatic rings. The van der Waals surface area contributed by atoms with Crippen LogP contribution >= 0.6 is 0 Å². The molecule has 0 saturated heterocycles. The molecule has 4 heteroatoms. The van der Waals surface area contributed by atoms with E-state index in [1.165, 1.54) is 0 Å². The van der Waals surface area contributed by atoms with Gasteiger partial charge in [0.2, 0.25) is 0 Å². The molecular weight excluding hydrogens is 242 g/mol. The van der Waals surface area contributed by atoms with Crippen LogP contribution in [0.1, 0.15) is 31.2 Å². The van der Waals surface area contributed by atoms with Gasteiger partial charge in [-0.1, -0.05) is 30.5 Å². The van der Waals surface area contributed by atoms with Gasteiger partial charge in [0, 0.05) is 0 Å². The van der Waals surface area contributed by atoms with Crippen molar-refractivity contribution >= 4 is 5.91 Å². The highest BCUT2D eigenvalue weighted by molar-refractivity contribution is 5.77. The van der Waals surface area contributed by atoms with E-state index >= 15 is 0 Å². The molecule has 4 nitrogen and oxygen atoms in total. The minimum absolute atomic E-state index is 0.00766. The number of aliphatic hydroxyl groups is 1. The number of carbonyl (C=O) groups excluding carboxylic acids is 1. The number of nitrogens with one attached hydrogen (secondary N) is 1. The van der Waals surface area contributed by atoms with E-state index < -0.39 is 6.10 Å². The van der Waals surface area contributed by atoms with Crippen LogP contribution in [0.5, 0.6) is 5.75 Å². The smallest absolute Gasteiger partial charge is 0.258 e. The van der Waals surface area contributed by atoms with Gasteiger partial charge in [0.15, 0.2) is 6.61 Å². The second-order valence-electron chi connectivity index (χ2n) is 5.13. The average Bonchev–Trinajstić information content (AvgIpc) is 2.41. The zero-order valence-corrected chi connectivity index (χ0v) is 11.3. The standard InChI is InChI=1S/C15H21NO3/c1-11-6-8-12(9-7-11)19-10-15(18)16-13-4-2-3-5-14(13)17/h6-9,13-14,17H,2-5,10H2,1H3,(H,16,18). The summed E-state index contributed by atoms with van der Waals surface area (Å²) in [4.78, 5) is 11.7. The van der Waals surface area contributed by atoms with Crippen LogP contribution < -0.4 is 10.1 Å². The summed E-state index contributed by atoms with van der Waals surface area (Å²) in [5, 5.41) is 12.6. The van der Waals surface area contributed by atoms with Gasteiger partial charge < -0.3 is 15.2 Å². The lowest BCUT2D eigenvalue weighted by Crippen LogP contribution is -2.46. The van der Waals surface area contributed by atoms with Crippen molar-refractivity contribution in [3.63, 3.8) is 0 Å². The van der Waals surface area contributed by atoms with Crippen molar-refractivity contribution < 1.29 is 14.6 Å². The molecule has 0 radical (unpaired) electrons. The van der Waals surface area contributed by atoms with Crippen LogP contribution in [0.3, 0.4) is 0 Å². The van der Waals surface area contributed by atoms with E-state index in [1.807, 2.05) is 31.2 Å². The van der Waals surface area contributed by atoms with E-state index in [0.717, 1.165) is 31.2 Å². The predicted octanol–water partition coefficient (Wildman–Crippen LogP) is 1.79. The Hall–Kier alpha value is -1.55. The topological polar surface area (TPSA) is 58.6 Å². The van der Waals surface area contributed by atoms with Crippen molar-refractivity contribution in [2.24, 2.45) is 0 Å². The third-order valence-corrected chi connectivity index (χ3v) is 3.47. The summed E-state index contributed by atoms with van der Waals surface area (Å²) in [5.74, 6) is 0.511. The number of ether oxygens (including phenoxy) is 1. The summed E-state index contributed by atoms with van der Waals surface area (Å²) >= 11 is 0. The second-order valence-corrected chi connectivity index (χ2v) is 5.13. The normalized spacial score (nSPS) is 22.8. The molecule has 2 unspecified atom stereocenters. The van der Waals surface area contributed by atoms with E-state index in [1.54, 1.807) is 0 Å². The van der Waals surface area contributed by atoms with Crippen molar-refractivity contribution in [1.82, 2.24) is 5.32 Å². The van der Waals surface area contributed by atoms with Crippen LogP contribution in [-0.4, -0.2) is 29.8 Å². The molecule has 1 amide bonds. The Bertz CT molecular complexity index is 416. The summed E-state index contributed by atoms with van der Waals surface area (Å²) in [5.41, 5.74) is 1.15. The Balaban J connectivity index is 1.76. The van der Waals surface area contributed by atoms with Gasteiger partial charge in [-0.05, 0) is 31.9 Å². The largest absolute Gasteiger partial charge is 0.484 e. The predicted molar refractivity (Wildman–Crippen MR) is 73.1 cm³/mol. The highest BCUT2D eigenvalue weighted by atomic mass is 16.5. The maximum atomic E-state index is 11.7. The maximum absolute atomic E-state index is 11.7. The van der Waals surface area contributed by atoms with E-state index in [-0.39, 0.29) is 18.6 Å². The van der Waals surface area contributed by atoms with Gasteiger partial charge in [0.05, 0.1) is 12.1 Å². The summed E-state index contributed by atoms with van der Waals surface area (Å²) in [6.07, 6.45) is 3.28. The van der Waals surface area contributed by atoms with Gasteiger partial charge in [0.1, 0.15) is 5.75 Å². The van der Waals surface area contributed by atoms with Crippen molar-refractivity contribution in [3.05, 3.63) is 29.8 Å². The van der Waals surface area contributed by atoms with Crippen LogP contribution in [0.15, 0.2) is 24.3 Å². The zero-order valence-electron chi connectivity index (χ0n) is 11.3. The van der Waals surface area contributed by atoms with E-state index in [4.69, 9.17) is 4.74 Å². The van der Waals surface area contributed by atoms with Crippen molar-refractivity contribution in [3.8, 4) is 5.75 Å². The molecule has 19 heavy (non-hydrogen) atoms. The highest BCUT2D eigenvalue weighted by Gasteiger charge is 2.24. The number of aryl methyl sites for hydroxylation is 1. The molecule has 0 heterocycles. The lowest BCUT2D eigenvalue weighted by atomic mass is 9.92. The molecule has 1 saturated carbocycles. The van der Waals surface area contributed by atoms with E-state index in [9.17, 15) is 9.90 Å². The molecule has 0 bridgehead atoms. The first kappa shape index (κ1) is 13.9. The summed E-state index contributed by atoms with van der Waals surface area (Å²) in [6, 6.07) is 7.45. The fraction of sp³-hybridized carbons (Fsp3) is 0.533. The molecule has 1 aromatic carbocycles. The Kier molecular flexibility index (Phi) is 4.80. The monoisotopic (exact) mass is 263 g/mol. The Morgan fingerprint density at radius 1 is 1.32 bits per heavy atom. The van der Waals surface area contributed by atoms with Crippen molar-refractivity contribution in [2.45, 2.75) is 44.8 Å². The fourth-order valence-electron chi connectivity index (χ4n) is 2.31. The Morgan fingerprint density at radius 3 is 2.68 bits per heavy atom. The van der Waals surface area contributed by atoms with Gasteiger partial charge >= 0.3 is 0 Å². The number of rotatable bonds is 4. The first-order chi connectivity index (χ1) is 9.15. The number of amides is 1. The molecule has 1 aromatic rings. The SMILES string of the molecule is Cc1ccc(OCC(=O)NC2CCCCC2O)cc1. The lowest BCUT2D eigenvalue weighted by Gasteiger charge is -2.28. The number of aliphatic hydroxyl groups excluding tert-OH is 1. The number of benzene rings is 1. The number of hydrogen-bond acceptors (Lipinski definition) is 3. The highest BCUT2D eigenvalue weighted by Crippen LogP contribution is 2.18. The Labute approximate surface area is 113 Å². The first-order valence-electron chi connectivity index (χ1n) is 6.82. The lowest BCUT2D eigenvalue weighted by molar-refractivity contribution is -0.125. The molecule has 1 aliphatic carbocycles. The third-order valence-electron chi connectivity index (χ3n) is 3.47. The minimum Gasteiger partial charge on any atom is -0.484 e. The fourth-order valence-corrected chi connectivity index (χ4v) is 2.31. The van der Waals surface area contributed by atoms with Crippen LogP contribution in [0.2, 0.25) is 0 Å². The summed E-state index contributed by atoms with van der Waals surface area (Å²) in [7, 11) is 0. The molecular formula is C15H21NO3. The van der Waals surface area contributed by atoms with Gasteiger partial charge in [-0.2, -0.15) is 0 Å². The van der Waals surface area contributed by atoms with Crippen LogP contribution in [0, 0.1) is 6.92 Å². The maximum Gasteiger partial charge on any atom is 0.258 e. The summed E-state index contributed by atoms with van der Waals surface area (Å²) in [6.45, 7) is 1.99. The average molecular weight is 263 g/mol. The quantitative estimate of drug-likeness (QED) is 0.870. The zero-order chi connectivity index (χ0) is 13.7. The van der Waals surface area contributed by atoms with E-state index in [0.29, 0.717) is 5.75 Å². The number of hydrogen-bond donors (Lipinski definition) is 2. The van der Waals surface area contributed by atoms with Gasteiger partial charge in [-0.3, -0.25) is 4.79 Å². The van der Waals surface area contributed by atoms with Crippen LogP contribution in [0.4, 0.5) is 0 Å². The van der Waals surface area contributed by atoms with Gasteiger partial charge in [0.25, 0.3) is 5.91 Å². The van der Waals surface area contributed by atoms with Crippen LogP contribution in [0.25, 0.3) is 0 Å². The molecule has 2 atom stereocenters. The second kappa shape index (κ2) is 6.57. The molecule has 0 aliphatic heterocycles. The molecule has 104 valence electrons. The molecule has 1 fully saturated rings. The van der Waals surface area contributed by atoms with Gasteiger partial charge in [-0.15, -0.1) is 0 Å². The van der Waals surface area contributed by atoms with Crippen LogP contribution in [-0.2, 0) is 4.79 Å².